The third kappa shape index (κ3) is 1.03. The molecule has 2 rings (SSSR count). The lowest BCUT2D eigenvalue weighted by atomic mass is 10.3. The van der Waals surface area contributed by atoms with Gasteiger partial charge in [-0.3, -0.25) is 5.43 Å². The first-order chi connectivity index (χ1) is 5.81. The van der Waals surface area contributed by atoms with E-state index in [0.717, 1.165) is 0 Å². The highest BCUT2D eigenvalue weighted by atomic mass is 32.1. The Kier molecular flexibility index (Phi) is 1.67. The highest BCUT2D eigenvalue weighted by Gasteiger charge is 2.05. The van der Waals surface area contributed by atoms with Crippen LogP contribution in [0.5, 0.6) is 0 Å². The lowest BCUT2D eigenvalue weighted by Crippen LogP contribution is -2.05. The number of nitrogens with zero attached hydrogens (tertiary/aromatic N) is 1. The maximum absolute atomic E-state index is 13.0. The molecular weight excluding hydrogens is 177 g/mol. The average molecular weight is 183 g/mol. The summed E-state index contributed by atoms with van der Waals surface area (Å²) in [4.78, 5) is 4.03. The minimum absolute atomic E-state index is 0.258. The zero-order chi connectivity index (χ0) is 8.55. The molecule has 62 valence electrons. The highest BCUT2D eigenvalue weighted by molar-refractivity contribution is 7.22. The van der Waals surface area contributed by atoms with Gasteiger partial charge < -0.3 is 0 Å². The molecule has 0 fully saturated rings. The molecule has 0 spiro atoms. The Morgan fingerprint density at radius 1 is 1.50 bits per heavy atom. The Bertz CT molecular complexity index is 412. The Balaban J connectivity index is 2.74. The molecule has 0 unspecified atom stereocenters. The van der Waals surface area contributed by atoms with Gasteiger partial charge in [-0.25, -0.2) is 15.2 Å². The lowest BCUT2D eigenvalue weighted by molar-refractivity contribution is 0.641. The summed E-state index contributed by atoms with van der Waals surface area (Å²) >= 11 is 1.20. The minimum atomic E-state index is -0.258. The van der Waals surface area contributed by atoms with Gasteiger partial charge in [-0.2, -0.15) is 0 Å². The number of hydrogen-bond donors (Lipinski definition) is 2. The number of nitrogens with two attached hydrogens (primary N) is 1. The average Bonchev–Trinajstić information content (AvgIpc) is 2.49. The number of nitrogen functional groups attached to an aromatic ring is 1. The summed E-state index contributed by atoms with van der Waals surface area (Å²) in [5, 5.41) is 0.523. The lowest BCUT2D eigenvalue weighted by Gasteiger charge is -1.86. The van der Waals surface area contributed by atoms with E-state index in [1.54, 1.807) is 12.1 Å². The van der Waals surface area contributed by atoms with Gasteiger partial charge in [0.15, 0.2) is 5.13 Å². The van der Waals surface area contributed by atoms with Crippen LogP contribution >= 0.6 is 11.3 Å². The molecule has 0 radical (unpaired) electrons. The minimum Gasteiger partial charge on any atom is -0.300 e. The number of halogens is 1. The fourth-order valence-corrected chi connectivity index (χ4v) is 1.76. The van der Waals surface area contributed by atoms with E-state index in [1.165, 1.54) is 17.4 Å². The van der Waals surface area contributed by atoms with E-state index < -0.39 is 0 Å². The van der Waals surface area contributed by atoms with Crippen LogP contribution in [0.3, 0.4) is 0 Å². The van der Waals surface area contributed by atoms with Crippen molar-refractivity contribution in [3.8, 4) is 0 Å². The number of fused-ring (bicyclic) bond motifs is 1. The van der Waals surface area contributed by atoms with Gasteiger partial charge >= 0.3 is 0 Å². The highest BCUT2D eigenvalue weighted by Crippen LogP contribution is 2.26. The molecule has 0 bridgehead atoms. The molecule has 0 saturated carbocycles. The van der Waals surface area contributed by atoms with E-state index in [1.807, 2.05) is 0 Å². The first-order valence-electron chi connectivity index (χ1n) is 3.33. The van der Waals surface area contributed by atoms with Crippen LogP contribution in [0.4, 0.5) is 9.52 Å². The summed E-state index contributed by atoms with van der Waals surface area (Å²) in [6, 6.07) is 4.77. The van der Waals surface area contributed by atoms with Gasteiger partial charge in [-0.1, -0.05) is 17.4 Å². The molecule has 0 saturated heterocycles. The van der Waals surface area contributed by atoms with Crippen LogP contribution in [0, 0.1) is 5.82 Å². The molecule has 0 aliphatic heterocycles. The SMILES string of the molecule is NNc1nc2cccc(F)c2s1. The monoisotopic (exact) mass is 183 g/mol. The summed E-state index contributed by atoms with van der Waals surface area (Å²) < 4.78 is 13.6. The van der Waals surface area contributed by atoms with Gasteiger partial charge in [0.25, 0.3) is 0 Å². The van der Waals surface area contributed by atoms with Crippen molar-refractivity contribution in [2.24, 2.45) is 5.84 Å². The maximum atomic E-state index is 13.0. The zero-order valence-corrected chi connectivity index (χ0v) is 6.86. The van der Waals surface area contributed by atoms with Gasteiger partial charge in [0.1, 0.15) is 5.82 Å². The summed E-state index contributed by atoms with van der Waals surface area (Å²) in [7, 11) is 0. The van der Waals surface area contributed by atoms with Crippen molar-refractivity contribution in [1.29, 1.82) is 0 Å². The number of aromatic nitrogens is 1. The number of hydrogen-bond acceptors (Lipinski definition) is 4. The number of thiazole rings is 1. The van der Waals surface area contributed by atoms with Gasteiger partial charge in [-0.05, 0) is 12.1 Å². The number of nitrogens with one attached hydrogen (secondary N) is 1. The van der Waals surface area contributed by atoms with Crippen molar-refractivity contribution in [3.63, 3.8) is 0 Å². The van der Waals surface area contributed by atoms with Crippen LogP contribution in [0.2, 0.25) is 0 Å². The van der Waals surface area contributed by atoms with Gasteiger partial charge in [0.2, 0.25) is 0 Å². The number of benzene rings is 1. The third-order valence-corrected chi connectivity index (χ3v) is 2.50. The fraction of sp³-hybridized carbons (Fsp3) is 0. The molecule has 12 heavy (non-hydrogen) atoms. The van der Waals surface area contributed by atoms with Gasteiger partial charge in [0, 0.05) is 0 Å². The zero-order valence-electron chi connectivity index (χ0n) is 6.04. The van der Waals surface area contributed by atoms with Crippen LogP contribution in [0.25, 0.3) is 10.2 Å². The summed E-state index contributed by atoms with van der Waals surface area (Å²) in [6.07, 6.45) is 0. The smallest absolute Gasteiger partial charge is 0.198 e. The predicted octanol–water partition coefficient (Wildman–Crippen LogP) is 1.72. The second-order valence-corrected chi connectivity index (χ2v) is 3.25. The Morgan fingerprint density at radius 2 is 2.33 bits per heavy atom. The van der Waals surface area contributed by atoms with Crippen molar-refractivity contribution in [1.82, 2.24) is 4.98 Å². The van der Waals surface area contributed by atoms with Crippen LogP contribution < -0.4 is 11.3 Å². The molecule has 0 aliphatic carbocycles. The molecule has 3 N–H and O–H groups in total. The molecule has 2 aromatic rings. The summed E-state index contributed by atoms with van der Waals surface area (Å²) in [5.74, 6) is 4.88. The largest absolute Gasteiger partial charge is 0.300 e. The number of hydrazine groups is 1. The van der Waals surface area contributed by atoms with E-state index in [9.17, 15) is 4.39 Å². The van der Waals surface area contributed by atoms with Crippen molar-refractivity contribution >= 4 is 26.7 Å². The second-order valence-electron chi connectivity index (χ2n) is 2.25. The Labute approximate surface area is 72.0 Å². The quantitative estimate of drug-likeness (QED) is 0.522. The maximum Gasteiger partial charge on any atom is 0.198 e. The van der Waals surface area contributed by atoms with Crippen molar-refractivity contribution in [2.75, 3.05) is 5.43 Å². The first kappa shape index (κ1) is 7.45. The Morgan fingerprint density at radius 3 is 3.00 bits per heavy atom. The molecule has 1 aromatic carbocycles. The van der Waals surface area contributed by atoms with Crippen molar-refractivity contribution in [2.45, 2.75) is 0 Å². The van der Waals surface area contributed by atoms with E-state index >= 15 is 0 Å². The molecule has 1 heterocycles. The molecular formula is C7H6FN3S. The number of rotatable bonds is 1. The first-order valence-corrected chi connectivity index (χ1v) is 4.14. The second kappa shape index (κ2) is 2.69. The van der Waals surface area contributed by atoms with Crippen LogP contribution in [0.15, 0.2) is 18.2 Å². The van der Waals surface area contributed by atoms with Crippen LogP contribution in [-0.2, 0) is 0 Å². The predicted molar refractivity (Wildman–Crippen MR) is 47.4 cm³/mol. The van der Waals surface area contributed by atoms with Gasteiger partial charge in [-0.15, -0.1) is 0 Å². The molecule has 1 aromatic heterocycles. The van der Waals surface area contributed by atoms with Crippen LogP contribution in [0.1, 0.15) is 0 Å². The van der Waals surface area contributed by atoms with E-state index in [-0.39, 0.29) is 5.82 Å². The standard InChI is InChI=1S/C7H6FN3S/c8-4-2-1-3-5-6(4)12-7(10-5)11-9/h1-3H,9H2,(H,10,11). The number of anilines is 1. The fourth-order valence-electron chi connectivity index (χ4n) is 0.977. The summed E-state index contributed by atoms with van der Waals surface area (Å²) in [6.45, 7) is 0. The normalized spacial score (nSPS) is 10.5. The molecule has 5 heteroatoms. The third-order valence-electron chi connectivity index (χ3n) is 1.49. The summed E-state index contributed by atoms with van der Waals surface area (Å²) in [5.41, 5.74) is 3.02. The van der Waals surface area contributed by atoms with E-state index in [2.05, 4.69) is 10.4 Å². The Hall–Kier alpha value is -1.20. The molecule has 3 nitrogen and oxygen atoms in total. The van der Waals surface area contributed by atoms with E-state index in [0.29, 0.717) is 15.3 Å². The van der Waals surface area contributed by atoms with Gasteiger partial charge in [0.05, 0.1) is 10.2 Å². The van der Waals surface area contributed by atoms with Crippen LogP contribution in [-0.4, -0.2) is 4.98 Å². The molecule has 0 amide bonds. The van der Waals surface area contributed by atoms with Crippen molar-refractivity contribution in [3.05, 3.63) is 24.0 Å². The van der Waals surface area contributed by atoms with Crippen molar-refractivity contribution < 1.29 is 4.39 Å². The molecule has 0 aliphatic rings. The molecule has 0 atom stereocenters. The van der Waals surface area contributed by atoms with E-state index in [4.69, 9.17) is 5.84 Å². The topological polar surface area (TPSA) is 50.9 Å².